The van der Waals surface area contributed by atoms with E-state index in [4.69, 9.17) is 9.66 Å². The van der Waals surface area contributed by atoms with Crippen LogP contribution in [0.2, 0.25) is 0 Å². The summed E-state index contributed by atoms with van der Waals surface area (Å²) >= 11 is 0. The predicted octanol–water partition coefficient (Wildman–Crippen LogP) is 0.215. The molecule has 2 N–H and O–H groups in total. The molecule has 6 heteroatoms. The molecule has 0 aliphatic carbocycles. The van der Waals surface area contributed by atoms with Crippen LogP contribution in [-0.4, -0.2) is 55.0 Å². The molecule has 0 aromatic heterocycles. The van der Waals surface area contributed by atoms with E-state index in [1.54, 1.807) is 0 Å². The summed E-state index contributed by atoms with van der Waals surface area (Å²) in [7, 11) is -3.66. The van der Waals surface area contributed by atoms with E-state index in [1.807, 2.05) is 0 Å². The van der Waals surface area contributed by atoms with E-state index in [0.717, 1.165) is 19.6 Å². The van der Waals surface area contributed by atoms with E-state index in [-0.39, 0.29) is 12.4 Å². The van der Waals surface area contributed by atoms with Crippen LogP contribution in [0, 0.1) is 0 Å². The lowest BCUT2D eigenvalue weighted by molar-refractivity contribution is 0.208. The van der Waals surface area contributed by atoms with Crippen molar-refractivity contribution in [2.45, 2.75) is 20.8 Å². The van der Waals surface area contributed by atoms with E-state index in [0.29, 0.717) is 0 Å². The molecule has 0 aliphatic rings. The maximum absolute atomic E-state index is 9.56. The summed E-state index contributed by atoms with van der Waals surface area (Å²) in [5.74, 6) is -0.201. The molecule has 0 rings (SSSR count). The van der Waals surface area contributed by atoms with Crippen molar-refractivity contribution in [2.75, 3.05) is 32.0 Å². The average molecular weight is 227 g/mol. The van der Waals surface area contributed by atoms with Gasteiger partial charge in [0.2, 0.25) is 0 Å². The summed E-state index contributed by atoms with van der Waals surface area (Å²) < 4.78 is 26.9. The van der Waals surface area contributed by atoms with Gasteiger partial charge in [0.1, 0.15) is 0 Å². The van der Waals surface area contributed by atoms with Gasteiger partial charge in [-0.15, -0.1) is 0 Å². The number of likely N-dealkylation sites (N-methyl/N-ethyl adjacent to an activating group) is 1. The quantitative estimate of drug-likeness (QED) is 0.657. The van der Waals surface area contributed by atoms with Crippen LogP contribution in [0.15, 0.2) is 0 Å². The first-order valence-electron chi connectivity index (χ1n) is 4.69. The second-order valence-corrected chi connectivity index (χ2v) is 4.36. The molecule has 0 bridgehead atoms. The molecule has 0 aliphatic heterocycles. The second kappa shape index (κ2) is 9.39. The minimum Gasteiger partial charge on any atom is -0.395 e. The highest BCUT2D eigenvalue weighted by Crippen LogP contribution is 1.82. The highest BCUT2D eigenvalue weighted by Gasteiger charge is 1.94. The van der Waals surface area contributed by atoms with Gasteiger partial charge in [0.25, 0.3) is 10.1 Å². The highest BCUT2D eigenvalue weighted by molar-refractivity contribution is 7.85. The van der Waals surface area contributed by atoms with E-state index in [9.17, 15) is 8.42 Å². The first-order chi connectivity index (χ1) is 6.41. The fourth-order valence-electron chi connectivity index (χ4n) is 0.681. The van der Waals surface area contributed by atoms with E-state index < -0.39 is 10.1 Å². The van der Waals surface area contributed by atoms with Gasteiger partial charge in [-0.2, -0.15) is 8.42 Å². The highest BCUT2D eigenvalue weighted by atomic mass is 32.2. The van der Waals surface area contributed by atoms with E-state index in [2.05, 4.69) is 18.7 Å². The summed E-state index contributed by atoms with van der Waals surface area (Å²) in [6.07, 6.45) is 0. The van der Waals surface area contributed by atoms with Crippen LogP contribution in [0.3, 0.4) is 0 Å². The Hall–Kier alpha value is -0.170. The number of hydrogen-bond acceptors (Lipinski definition) is 4. The van der Waals surface area contributed by atoms with Crippen LogP contribution in [0.5, 0.6) is 0 Å². The van der Waals surface area contributed by atoms with Crippen LogP contribution in [0.4, 0.5) is 0 Å². The molecule has 0 saturated heterocycles. The van der Waals surface area contributed by atoms with Crippen molar-refractivity contribution in [3.8, 4) is 0 Å². The Bertz CT molecular complexity index is 199. The molecule has 0 radical (unpaired) electrons. The Morgan fingerprint density at radius 2 is 1.50 bits per heavy atom. The maximum atomic E-state index is 9.56. The molecule has 0 aromatic rings. The van der Waals surface area contributed by atoms with Gasteiger partial charge in [0, 0.05) is 6.54 Å². The van der Waals surface area contributed by atoms with Crippen LogP contribution in [0.25, 0.3) is 0 Å². The van der Waals surface area contributed by atoms with Crippen LogP contribution in [-0.2, 0) is 10.1 Å². The molecular formula is C8H21NO4S. The van der Waals surface area contributed by atoms with Crippen molar-refractivity contribution in [1.29, 1.82) is 0 Å². The van der Waals surface area contributed by atoms with Gasteiger partial charge in [-0.05, 0) is 20.0 Å². The van der Waals surface area contributed by atoms with Crippen molar-refractivity contribution >= 4 is 10.1 Å². The minimum atomic E-state index is -3.66. The molecule has 0 heterocycles. The standard InChI is InChI=1S/C6H15NO.C2H6O3S/c1-3-7(4-2)5-6-8;1-2-6(3,4)5/h8H,3-6H2,1-2H3;2H2,1H3,(H,3,4,5). The third-order valence-corrected chi connectivity index (χ3v) is 2.41. The number of aliphatic hydroxyl groups excluding tert-OH is 1. The Balaban J connectivity index is 0. The minimum absolute atomic E-state index is 0.201. The topological polar surface area (TPSA) is 77.8 Å². The summed E-state index contributed by atoms with van der Waals surface area (Å²) in [5, 5.41) is 8.46. The zero-order valence-electron chi connectivity index (χ0n) is 9.10. The maximum Gasteiger partial charge on any atom is 0.264 e. The molecule has 0 amide bonds. The van der Waals surface area contributed by atoms with Crippen LogP contribution in [0.1, 0.15) is 20.8 Å². The van der Waals surface area contributed by atoms with Gasteiger partial charge in [0.15, 0.2) is 0 Å². The Morgan fingerprint density at radius 3 is 1.57 bits per heavy atom. The molecule has 0 unspecified atom stereocenters. The van der Waals surface area contributed by atoms with Crippen molar-refractivity contribution in [3.63, 3.8) is 0 Å². The molecule has 14 heavy (non-hydrogen) atoms. The fraction of sp³-hybridized carbons (Fsp3) is 1.00. The Morgan fingerprint density at radius 1 is 1.14 bits per heavy atom. The molecular weight excluding hydrogens is 206 g/mol. The van der Waals surface area contributed by atoms with Gasteiger partial charge >= 0.3 is 0 Å². The number of aliphatic hydroxyl groups is 1. The largest absolute Gasteiger partial charge is 0.395 e. The lowest BCUT2D eigenvalue weighted by Crippen LogP contribution is -2.25. The Labute approximate surface area is 86.5 Å². The normalized spacial score (nSPS) is 11.0. The van der Waals surface area contributed by atoms with Crippen LogP contribution >= 0.6 is 0 Å². The lowest BCUT2D eigenvalue weighted by atomic mass is 10.5. The summed E-state index contributed by atoms with van der Waals surface area (Å²) in [6.45, 7) is 8.73. The molecule has 0 fully saturated rings. The average Bonchev–Trinajstić information content (AvgIpc) is 2.14. The third-order valence-electron chi connectivity index (χ3n) is 1.68. The van der Waals surface area contributed by atoms with Gasteiger partial charge < -0.3 is 10.0 Å². The summed E-state index contributed by atoms with van der Waals surface area (Å²) in [4.78, 5) is 2.18. The van der Waals surface area contributed by atoms with Crippen LogP contribution < -0.4 is 0 Å². The van der Waals surface area contributed by atoms with E-state index in [1.165, 1.54) is 6.92 Å². The first kappa shape index (κ1) is 16.3. The third kappa shape index (κ3) is 14.4. The summed E-state index contributed by atoms with van der Waals surface area (Å²) in [5.41, 5.74) is 0. The van der Waals surface area contributed by atoms with Gasteiger partial charge in [-0.1, -0.05) is 13.8 Å². The smallest absolute Gasteiger partial charge is 0.264 e. The van der Waals surface area contributed by atoms with E-state index >= 15 is 0 Å². The van der Waals surface area contributed by atoms with Crippen molar-refractivity contribution in [1.82, 2.24) is 4.90 Å². The van der Waals surface area contributed by atoms with Gasteiger partial charge in [-0.3, -0.25) is 4.55 Å². The van der Waals surface area contributed by atoms with Gasteiger partial charge in [-0.25, -0.2) is 0 Å². The molecule has 0 aromatic carbocycles. The first-order valence-corrected chi connectivity index (χ1v) is 6.30. The second-order valence-electron chi connectivity index (χ2n) is 2.62. The van der Waals surface area contributed by atoms with Crippen molar-refractivity contribution < 1.29 is 18.1 Å². The van der Waals surface area contributed by atoms with Crippen molar-refractivity contribution in [2.24, 2.45) is 0 Å². The number of hydrogen-bond donors (Lipinski definition) is 2. The summed E-state index contributed by atoms with van der Waals surface area (Å²) in [6, 6.07) is 0. The lowest BCUT2D eigenvalue weighted by Gasteiger charge is -2.15. The number of rotatable bonds is 5. The monoisotopic (exact) mass is 227 g/mol. The molecule has 0 atom stereocenters. The predicted molar refractivity (Wildman–Crippen MR) is 57.0 cm³/mol. The SMILES string of the molecule is CCN(CC)CCO.CCS(=O)(=O)O. The zero-order valence-corrected chi connectivity index (χ0v) is 9.92. The molecule has 0 saturated carbocycles. The van der Waals surface area contributed by atoms with Crippen molar-refractivity contribution in [3.05, 3.63) is 0 Å². The molecule has 88 valence electrons. The molecule has 0 spiro atoms. The van der Waals surface area contributed by atoms with Gasteiger partial charge in [0.05, 0.1) is 12.4 Å². The fourth-order valence-corrected chi connectivity index (χ4v) is 0.681. The zero-order chi connectivity index (χ0) is 11.6. The number of nitrogens with zero attached hydrogens (tertiary/aromatic N) is 1. The Kier molecular flexibility index (Phi) is 10.9. The molecule has 5 nitrogen and oxygen atoms in total.